The molecule has 0 saturated carbocycles. The molecule has 1 amide bonds. The molecule has 1 aromatic heterocycles. The maximum absolute atomic E-state index is 11.7. The number of rotatable bonds is 5. The van der Waals surface area contributed by atoms with Crippen molar-refractivity contribution < 1.29 is 14.3 Å². The van der Waals surface area contributed by atoms with E-state index < -0.39 is 5.97 Å². The van der Waals surface area contributed by atoms with Crippen molar-refractivity contribution in [2.75, 3.05) is 26.1 Å². The zero-order chi connectivity index (χ0) is 16.0. The summed E-state index contributed by atoms with van der Waals surface area (Å²) in [5.41, 5.74) is 1.30. The molecular formula is C14H16N4O3. The number of amides is 1. The van der Waals surface area contributed by atoms with Crippen LogP contribution >= 0.6 is 0 Å². The number of ether oxygens (including phenoxy) is 1. The molecule has 0 saturated heterocycles. The van der Waals surface area contributed by atoms with Crippen LogP contribution < -0.4 is 4.90 Å². The highest BCUT2D eigenvalue weighted by Gasteiger charge is 2.15. The molecule has 1 rings (SSSR count). The van der Waals surface area contributed by atoms with Crippen LogP contribution in [0.1, 0.15) is 11.1 Å². The number of esters is 1. The average molecular weight is 288 g/mol. The van der Waals surface area contributed by atoms with E-state index in [4.69, 9.17) is 5.26 Å². The van der Waals surface area contributed by atoms with Crippen LogP contribution in [0.25, 0.3) is 0 Å². The van der Waals surface area contributed by atoms with Gasteiger partial charge in [-0.2, -0.15) is 5.26 Å². The van der Waals surface area contributed by atoms with E-state index in [1.807, 2.05) is 6.07 Å². The standard InChI is InChI=1S/C14H16N4O3/c1-10-5-13(16-7-11(10)6-15)18(9-19)8-12(17(2)3)14(20)21-4/h5,7-9H,1-4H3/b12-8-. The largest absolute Gasteiger partial charge is 0.464 e. The molecule has 0 aliphatic heterocycles. The molecular weight excluding hydrogens is 272 g/mol. The number of pyridine rings is 1. The van der Waals surface area contributed by atoms with Crippen molar-refractivity contribution in [3.63, 3.8) is 0 Å². The van der Waals surface area contributed by atoms with Gasteiger partial charge in [0.1, 0.15) is 17.6 Å². The quantitative estimate of drug-likeness (QED) is 0.452. The summed E-state index contributed by atoms with van der Waals surface area (Å²) < 4.78 is 4.66. The normalized spacial score (nSPS) is 10.5. The molecule has 1 aromatic rings. The van der Waals surface area contributed by atoms with Gasteiger partial charge in [0.2, 0.25) is 6.41 Å². The number of carbonyl (C=O) groups excluding carboxylic acids is 2. The third-order valence-corrected chi connectivity index (χ3v) is 2.73. The number of likely N-dealkylation sites (N-methyl/N-ethyl adjacent to an activating group) is 1. The second-order valence-electron chi connectivity index (χ2n) is 4.38. The molecule has 0 radical (unpaired) electrons. The molecule has 0 aliphatic rings. The Hall–Kier alpha value is -2.88. The molecule has 0 bridgehead atoms. The molecule has 0 spiro atoms. The molecule has 7 nitrogen and oxygen atoms in total. The highest BCUT2D eigenvalue weighted by molar-refractivity contribution is 5.90. The predicted octanol–water partition coefficient (Wildman–Crippen LogP) is 0.800. The first-order valence-corrected chi connectivity index (χ1v) is 6.02. The second-order valence-corrected chi connectivity index (χ2v) is 4.38. The Morgan fingerprint density at radius 1 is 1.48 bits per heavy atom. The van der Waals surface area contributed by atoms with Crippen LogP contribution in [-0.4, -0.2) is 43.5 Å². The Balaban J connectivity index is 3.24. The molecule has 0 N–H and O–H groups in total. The van der Waals surface area contributed by atoms with Crippen LogP contribution in [0.5, 0.6) is 0 Å². The number of aromatic nitrogens is 1. The molecule has 7 heteroatoms. The molecule has 0 unspecified atom stereocenters. The van der Waals surface area contributed by atoms with Gasteiger partial charge in [0, 0.05) is 26.5 Å². The van der Waals surface area contributed by atoms with Gasteiger partial charge in [-0.05, 0) is 18.6 Å². The lowest BCUT2D eigenvalue weighted by molar-refractivity contribution is -0.137. The maximum Gasteiger partial charge on any atom is 0.355 e. The van der Waals surface area contributed by atoms with Gasteiger partial charge in [-0.15, -0.1) is 0 Å². The van der Waals surface area contributed by atoms with Crippen LogP contribution in [0, 0.1) is 18.3 Å². The first kappa shape index (κ1) is 16.2. The third-order valence-electron chi connectivity index (χ3n) is 2.73. The van der Waals surface area contributed by atoms with E-state index in [-0.39, 0.29) is 5.70 Å². The van der Waals surface area contributed by atoms with Crippen molar-refractivity contribution in [2.45, 2.75) is 6.92 Å². The Morgan fingerprint density at radius 2 is 2.14 bits per heavy atom. The fourth-order valence-electron chi connectivity index (χ4n) is 1.54. The zero-order valence-corrected chi connectivity index (χ0v) is 12.3. The van der Waals surface area contributed by atoms with Gasteiger partial charge in [0.05, 0.1) is 12.7 Å². The number of methoxy groups -OCH3 is 1. The smallest absolute Gasteiger partial charge is 0.355 e. The maximum atomic E-state index is 11.7. The summed E-state index contributed by atoms with van der Waals surface area (Å²) >= 11 is 0. The van der Waals surface area contributed by atoms with Crippen LogP contribution in [0.2, 0.25) is 0 Å². The topological polar surface area (TPSA) is 86.5 Å². The highest BCUT2D eigenvalue weighted by Crippen LogP contribution is 2.16. The number of aryl methyl sites for hydroxylation is 1. The lowest BCUT2D eigenvalue weighted by Crippen LogP contribution is -2.25. The summed E-state index contributed by atoms with van der Waals surface area (Å²) in [6.45, 7) is 1.74. The summed E-state index contributed by atoms with van der Waals surface area (Å²) in [5.74, 6) is -0.262. The van der Waals surface area contributed by atoms with E-state index in [9.17, 15) is 9.59 Å². The molecule has 1 heterocycles. The zero-order valence-electron chi connectivity index (χ0n) is 12.3. The second kappa shape index (κ2) is 7.05. The van der Waals surface area contributed by atoms with E-state index in [1.54, 1.807) is 27.1 Å². The van der Waals surface area contributed by atoms with E-state index in [0.29, 0.717) is 23.4 Å². The number of nitriles is 1. The number of anilines is 1. The Kier molecular flexibility index (Phi) is 5.43. The molecule has 0 aromatic carbocycles. The van der Waals surface area contributed by atoms with Crippen LogP contribution in [0.15, 0.2) is 24.2 Å². The lowest BCUT2D eigenvalue weighted by atomic mass is 10.2. The molecule has 0 aliphatic carbocycles. The van der Waals surface area contributed by atoms with Gasteiger partial charge < -0.3 is 9.64 Å². The SMILES string of the molecule is COC(=O)/C(=C/N(C=O)c1cc(C)c(C#N)cn1)N(C)C. The minimum absolute atomic E-state index is 0.188. The summed E-state index contributed by atoms with van der Waals surface area (Å²) in [7, 11) is 4.57. The van der Waals surface area contributed by atoms with Gasteiger partial charge in [-0.3, -0.25) is 9.69 Å². The molecule has 0 fully saturated rings. The molecule has 21 heavy (non-hydrogen) atoms. The lowest BCUT2D eigenvalue weighted by Gasteiger charge is -2.19. The van der Waals surface area contributed by atoms with Crippen molar-refractivity contribution >= 4 is 18.2 Å². The van der Waals surface area contributed by atoms with Crippen LogP contribution in [0.3, 0.4) is 0 Å². The number of nitrogens with zero attached hydrogens (tertiary/aromatic N) is 4. The Morgan fingerprint density at radius 3 is 2.57 bits per heavy atom. The van der Waals surface area contributed by atoms with Crippen LogP contribution in [-0.2, 0) is 14.3 Å². The van der Waals surface area contributed by atoms with E-state index in [0.717, 1.165) is 4.90 Å². The number of hydrogen-bond acceptors (Lipinski definition) is 6. The fraction of sp³-hybridized carbons (Fsp3) is 0.286. The van der Waals surface area contributed by atoms with Crippen molar-refractivity contribution in [1.82, 2.24) is 9.88 Å². The van der Waals surface area contributed by atoms with Gasteiger partial charge in [-0.1, -0.05) is 0 Å². The summed E-state index contributed by atoms with van der Waals surface area (Å²) in [4.78, 5) is 29.6. The van der Waals surface area contributed by atoms with E-state index >= 15 is 0 Å². The fourth-order valence-corrected chi connectivity index (χ4v) is 1.54. The Bertz CT molecular complexity index is 617. The van der Waals surface area contributed by atoms with Crippen molar-refractivity contribution in [3.8, 4) is 6.07 Å². The minimum Gasteiger partial charge on any atom is -0.464 e. The number of carbonyl (C=O) groups is 2. The number of hydrogen-bond donors (Lipinski definition) is 0. The van der Waals surface area contributed by atoms with Gasteiger partial charge >= 0.3 is 5.97 Å². The average Bonchev–Trinajstić information content (AvgIpc) is 2.47. The monoisotopic (exact) mass is 288 g/mol. The minimum atomic E-state index is -0.572. The van der Waals surface area contributed by atoms with Crippen LogP contribution in [0.4, 0.5) is 5.82 Å². The first-order chi connectivity index (χ1) is 9.94. The third kappa shape index (κ3) is 3.79. The van der Waals surface area contributed by atoms with E-state index in [1.165, 1.54) is 24.4 Å². The van der Waals surface area contributed by atoms with Gasteiger partial charge in [0.25, 0.3) is 0 Å². The van der Waals surface area contributed by atoms with Crippen molar-refractivity contribution in [1.29, 1.82) is 5.26 Å². The first-order valence-electron chi connectivity index (χ1n) is 6.02. The van der Waals surface area contributed by atoms with Gasteiger partial charge in [0.15, 0.2) is 0 Å². The summed E-state index contributed by atoms with van der Waals surface area (Å²) in [5, 5.41) is 8.88. The van der Waals surface area contributed by atoms with Crippen molar-refractivity contribution in [2.24, 2.45) is 0 Å². The van der Waals surface area contributed by atoms with Crippen molar-refractivity contribution in [3.05, 3.63) is 35.3 Å². The van der Waals surface area contributed by atoms with E-state index in [2.05, 4.69) is 9.72 Å². The molecule has 110 valence electrons. The predicted molar refractivity (Wildman–Crippen MR) is 76.0 cm³/mol. The Labute approximate surface area is 123 Å². The summed E-state index contributed by atoms with van der Waals surface area (Å²) in [6.07, 6.45) is 3.23. The molecule has 0 atom stereocenters. The summed E-state index contributed by atoms with van der Waals surface area (Å²) in [6, 6.07) is 3.59. The highest BCUT2D eigenvalue weighted by atomic mass is 16.5. The van der Waals surface area contributed by atoms with Gasteiger partial charge in [-0.25, -0.2) is 9.78 Å².